The number of rotatable bonds is 2. The van der Waals surface area contributed by atoms with Crippen molar-refractivity contribution in [2.45, 2.75) is 0 Å². The fraction of sp³-hybridized carbons (Fsp3) is 0.750. The van der Waals surface area contributed by atoms with E-state index in [0.29, 0.717) is 12.5 Å². The van der Waals surface area contributed by atoms with Crippen LogP contribution in [0.25, 0.3) is 0 Å². The van der Waals surface area contributed by atoms with Gasteiger partial charge in [-0.2, -0.15) is 0 Å². The maximum atomic E-state index is 10.3. The Bertz CT molecular complexity index is 76.4. The first kappa shape index (κ1) is 8.11. The van der Waals surface area contributed by atoms with Crippen LogP contribution in [0.5, 0.6) is 0 Å². The van der Waals surface area contributed by atoms with E-state index in [2.05, 4.69) is 4.74 Å². The number of halogens is 1. The summed E-state index contributed by atoms with van der Waals surface area (Å²) in [4.78, 5) is 10.3. The average molecular weight is 155 g/mol. The van der Waals surface area contributed by atoms with Crippen molar-refractivity contribution in [1.82, 2.24) is 0 Å². The zero-order chi connectivity index (χ0) is 6.41. The van der Waals surface area contributed by atoms with E-state index in [1.54, 1.807) is 6.26 Å². The lowest BCUT2D eigenvalue weighted by atomic mass is 10.9. The fourth-order valence-electron chi connectivity index (χ4n) is 0.181. The molecule has 0 rings (SSSR count). The Labute approximate surface area is 57.5 Å². The summed E-state index contributed by atoms with van der Waals surface area (Å²) in [5.41, 5.74) is 0. The molecule has 0 N–H and O–H groups in total. The van der Waals surface area contributed by atoms with Crippen molar-refractivity contribution in [3.8, 4) is 0 Å². The van der Waals surface area contributed by atoms with E-state index in [4.69, 9.17) is 11.6 Å². The highest BCUT2D eigenvalue weighted by atomic mass is 35.5. The molecule has 0 aromatic heterocycles. The fourth-order valence-corrected chi connectivity index (χ4v) is 0.459. The third-order valence-electron chi connectivity index (χ3n) is 0.464. The van der Waals surface area contributed by atoms with Crippen LogP contribution in [0.1, 0.15) is 0 Å². The summed E-state index contributed by atoms with van der Waals surface area (Å²) in [5.74, 6) is 0.367. The van der Waals surface area contributed by atoms with Crippen LogP contribution in [0.3, 0.4) is 0 Å². The molecule has 0 aromatic carbocycles. The third kappa shape index (κ3) is 4.27. The average Bonchev–Trinajstić information content (AvgIpc) is 1.83. The van der Waals surface area contributed by atoms with Gasteiger partial charge in [0.15, 0.2) is 0 Å². The Hall–Kier alpha value is 0.110. The van der Waals surface area contributed by atoms with E-state index < -0.39 is 0 Å². The molecule has 0 aliphatic carbocycles. The molecule has 0 bridgehead atoms. The van der Waals surface area contributed by atoms with E-state index >= 15 is 0 Å². The number of hydrogen-bond acceptors (Lipinski definition) is 3. The van der Waals surface area contributed by atoms with Crippen LogP contribution in [0.2, 0.25) is 0 Å². The Kier molecular flexibility index (Phi) is 5.32. The number of carbonyl (C=O) groups is 1. The Morgan fingerprint density at radius 3 is 2.88 bits per heavy atom. The maximum Gasteiger partial charge on any atom is 0.367 e. The Morgan fingerprint density at radius 2 is 2.50 bits per heavy atom. The molecule has 0 aromatic rings. The van der Waals surface area contributed by atoms with Gasteiger partial charge in [-0.25, -0.2) is 4.79 Å². The lowest BCUT2D eigenvalue weighted by molar-refractivity contribution is 0.182. The molecular formula is C4H7ClO2S. The number of thioether (sulfide) groups is 1. The highest BCUT2D eigenvalue weighted by Gasteiger charge is 1.94. The normalized spacial score (nSPS) is 8.75. The molecule has 48 valence electrons. The van der Waals surface area contributed by atoms with E-state index in [1.165, 1.54) is 0 Å². The summed E-state index contributed by atoms with van der Waals surface area (Å²) in [6.07, 6.45) is 1.66. The zero-order valence-corrected chi connectivity index (χ0v) is 6.09. The van der Waals surface area contributed by atoms with Crippen LogP contribution in [0, 0.1) is 0 Å². The van der Waals surface area contributed by atoms with E-state index in [-0.39, 0.29) is 5.30 Å². The van der Waals surface area contributed by atoms with Gasteiger partial charge in [0.05, 0.1) is 5.88 Å². The van der Waals surface area contributed by atoms with E-state index in [0.717, 1.165) is 11.8 Å². The van der Waals surface area contributed by atoms with Gasteiger partial charge >= 0.3 is 5.30 Å². The summed E-state index contributed by atoms with van der Waals surface area (Å²) < 4.78 is 4.53. The molecule has 0 unspecified atom stereocenters. The van der Waals surface area contributed by atoms with Crippen LogP contribution in [-0.2, 0) is 4.74 Å². The molecule has 0 radical (unpaired) electrons. The lowest BCUT2D eigenvalue weighted by Gasteiger charge is -1.95. The van der Waals surface area contributed by atoms with Gasteiger partial charge < -0.3 is 4.74 Å². The van der Waals surface area contributed by atoms with Gasteiger partial charge in [-0.1, -0.05) is 0 Å². The summed E-state index contributed by atoms with van der Waals surface area (Å²) in [6, 6.07) is 0. The van der Waals surface area contributed by atoms with Crippen LogP contribution < -0.4 is 0 Å². The minimum absolute atomic E-state index is 0.273. The summed E-state index contributed by atoms with van der Waals surface area (Å²) in [5, 5.41) is -0.273. The summed E-state index contributed by atoms with van der Waals surface area (Å²) in [7, 11) is 0. The lowest BCUT2D eigenvalue weighted by Crippen LogP contribution is -1.98. The third-order valence-corrected chi connectivity index (χ3v) is 1.07. The molecule has 0 aliphatic heterocycles. The first-order chi connectivity index (χ1) is 3.81. The highest BCUT2D eigenvalue weighted by molar-refractivity contribution is 8.12. The standard InChI is InChI=1S/C4H7ClO2S/c1-8-4(6)7-3-2-5/h2-3H2,1H3. The molecule has 2 nitrogen and oxygen atoms in total. The van der Waals surface area contributed by atoms with E-state index in [9.17, 15) is 4.79 Å². The quantitative estimate of drug-likeness (QED) is 0.448. The van der Waals surface area contributed by atoms with Crippen LogP contribution in [-0.4, -0.2) is 24.0 Å². The molecular weight excluding hydrogens is 148 g/mol. The number of hydrogen-bond donors (Lipinski definition) is 0. The van der Waals surface area contributed by atoms with Crippen molar-refractivity contribution < 1.29 is 9.53 Å². The molecule has 0 aliphatic rings. The smallest absolute Gasteiger partial charge is 0.367 e. The molecule has 0 spiro atoms. The largest absolute Gasteiger partial charge is 0.456 e. The Balaban J connectivity index is 2.99. The predicted molar refractivity (Wildman–Crippen MR) is 35.6 cm³/mol. The maximum absolute atomic E-state index is 10.3. The van der Waals surface area contributed by atoms with Crippen LogP contribution >= 0.6 is 23.4 Å². The minimum atomic E-state index is -0.273. The first-order valence-corrected chi connectivity index (χ1v) is 3.84. The number of alkyl halides is 1. The second-order valence-corrected chi connectivity index (χ2v) is 2.11. The molecule has 0 fully saturated rings. The first-order valence-electron chi connectivity index (χ1n) is 2.08. The molecule has 0 atom stereocenters. The van der Waals surface area contributed by atoms with Crippen molar-refractivity contribution in [2.24, 2.45) is 0 Å². The van der Waals surface area contributed by atoms with Crippen molar-refractivity contribution in [1.29, 1.82) is 0 Å². The number of ether oxygens (including phenoxy) is 1. The minimum Gasteiger partial charge on any atom is -0.456 e. The van der Waals surface area contributed by atoms with Crippen LogP contribution in [0.15, 0.2) is 0 Å². The summed E-state index contributed by atoms with van der Waals surface area (Å²) in [6.45, 7) is 0.307. The second-order valence-electron chi connectivity index (χ2n) is 0.992. The highest BCUT2D eigenvalue weighted by Crippen LogP contribution is 1.97. The van der Waals surface area contributed by atoms with Gasteiger partial charge in [0.25, 0.3) is 0 Å². The van der Waals surface area contributed by atoms with Crippen molar-refractivity contribution in [3.05, 3.63) is 0 Å². The van der Waals surface area contributed by atoms with Crippen molar-refractivity contribution >= 4 is 28.7 Å². The summed E-state index contributed by atoms with van der Waals surface area (Å²) >= 11 is 6.26. The van der Waals surface area contributed by atoms with E-state index in [1.807, 2.05) is 0 Å². The topological polar surface area (TPSA) is 26.3 Å². The SMILES string of the molecule is CSC(=O)OCCCl. The monoisotopic (exact) mass is 154 g/mol. The molecule has 0 saturated carbocycles. The van der Waals surface area contributed by atoms with Crippen molar-refractivity contribution in [2.75, 3.05) is 18.7 Å². The van der Waals surface area contributed by atoms with Gasteiger partial charge in [-0.15, -0.1) is 11.6 Å². The van der Waals surface area contributed by atoms with Gasteiger partial charge in [-0.3, -0.25) is 0 Å². The number of carbonyl (C=O) groups excluding carboxylic acids is 1. The molecule has 4 heteroatoms. The molecule has 0 amide bonds. The second kappa shape index (κ2) is 5.25. The predicted octanol–water partition coefficient (Wildman–Crippen LogP) is 1.72. The van der Waals surface area contributed by atoms with Gasteiger partial charge in [0, 0.05) is 0 Å². The van der Waals surface area contributed by atoms with Crippen LogP contribution in [0.4, 0.5) is 4.79 Å². The molecule has 0 saturated heterocycles. The van der Waals surface area contributed by atoms with Crippen molar-refractivity contribution in [3.63, 3.8) is 0 Å². The van der Waals surface area contributed by atoms with Gasteiger partial charge in [-0.05, 0) is 18.0 Å². The zero-order valence-electron chi connectivity index (χ0n) is 4.52. The molecule has 8 heavy (non-hydrogen) atoms. The molecule has 0 heterocycles. The van der Waals surface area contributed by atoms with Gasteiger partial charge in [0.1, 0.15) is 6.61 Å². The Morgan fingerprint density at radius 1 is 1.88 bits per heavy atom. The van der Waals surface area contributed by atoms with Gasteiger partial charge in [0.2, 0.25) is 0 Å².